The number of hydrogen-bond acceptors (Lipinski definition) is 9. The molecular formula is C35H43N5O7S2. The number of aromatic nitrogens is 1. The van der Waals surface area contributed by atoms with Crippen LogP contribution >= 0.6 is 11.3 Å². The summed E-state index contributed by atoms with van der Waals surface area (Å²) in [6.45, 7) is 6.68. The molecule has 2 aliphatic heterocycles. The summed E-state index contributed by atoms with van der Waals surface area (Å²) in [6, 6.07) is 13.7. The van der Waals surface area contributed by atoms with Crippen molar-refractivity contribution in [2.24, 2.45) is 5.92 Å². The zero-order valence-corrected chi connectivity index (χ0v) is 29.7. The number of nitrogens with zero attached hydrogens (tertiary/aromatic N) is 5. The molecule has 4 heterocycles. The van der Waals surface area contributed by atoms with E-state index >= 15 is 0 Å². The molecule has 1 N–H and O–H groups in total. The first-order valence-corrected chi connectivity index (χ1v) is 19.1. The number of hydrogen-bond donors (Lipinski definition) is 1. The molecular weight excluding hydrogens is 667 g/mol. The Bertz CT molecular complexity index is 1770. The highest BCUT2D eigenvalue weighted by atomic mass is 32.2. The van der Waals surface area contributed by atoms with Gasteiger partial charge < -0.3 is 24.5 Å². The number of rotatable bonds is 8. The van der Waals surface area contributed by atoms with Gasteiger partial charge in [-0.15, -0.1) is 11.3 Å². The van der Waals surface area contributed by atoms with Gasteiger partial charge in [-0.05, 0) is 63.3 Å². The summed E-state index contributed by atoms with van der Waals surface area (Å²) in [5, 5.41) is 10.2. The highest BCUT2D eigenvalue weighted by Gasteiger charge is 2.44. The Morgan fingerprint density at radius 1 is 1.02 bits per heavy atom. The number of carboxylic acid groups (broad SMARTS) is 1. The summed E-state index contributed by atoms with van der Waals surface area (Å²) in [4.78, 5) is 49.6. The quantitative estimate of drug-likeness (QED) is 0.319. The van der Waals surface area contributed by atoms with Crippen LogP contribution in [0.1, 0.15) is 62.5 Å². The summed E-state index contributed by atoms with van der Waals surface area (Å²) in [6.07, 6.45) is 5.44. The largest absolute Gasteiger partial charge is 0.477 e. The third-order valence-electron chi connectivity index (χ3n) is 9.60. The number of ether oxygens (including phenoxy) is 1. The number of carboxylic acids is 1. The topological polar surface area (TPSA) is 141 Å². The predicted molar refractivity (Wildman–Crippen MR) is 188 cm³/mol. The lowest BCUT2D eigenvalue weighted by molar-refractivity contribution is -0.121. The van der Waals surface area contributed by atoms with Gasteiger partial charge in [-0.1, -0.05) is 49.6 Å². The number of amides is 2. The molecule has 1 saturated carbocycles. The number of thiophene rings is 1. The average Bonchev–Trinajstić information content (AvgIpc) is 3.54. The Balaban J connectivity index is 1.24. The van der Waals surface area contributed by atoms with Crippen LogP contribution in [-0.4, -0.2) is 96.6 Å². The minimum absolute atomic E-state index is 0.0137. The van der Waals surface area contributed by atoms with Gasteiger partial charge in [-0.25, -0.2) is 23.0 Å². The molecule has 6 rings (SSSR count). The molecule has 2 atom stereocenters. The van der Waals surface area contributed by atoms with Crippen LogP contribution in [0.15, 0.2) is 59.6 Å². The second kappa shape index (κ2) is 14.5. The molecule has 49 heavy (non-hydrogen) atoms. The van der Waals surface area contributed by atoms with Crippen LogP contribution in [0.3, 0.4) is 0 Å². The highest BCUT2D eigenvalue weighted by molar-refractivity contribution is 7.89. The molecule has 14 heteroatoms. The first kappa shape index (κ1) is 34.8. The fraction of sp³-hybridized carbons (Fsp3) is 0.486. The van der Waals surface area contributed by atoms with Gasteiger partial charge in [0.1, 0.15) is 15.6 Å². The van der Waals surface area contributed by atoms with Crippen LogP contribution in [0.4, 0.5) is 16.3 Å². The van der Waals surface area contributed by atoms with E-state index in [0.717, 1.165) is 53.9 Å². The number of anilines is 2. The molecule has 3 aromatic rings. The Morgan fingerprint density at radius 2 is 1.76 bits per heavy atom. The summed E-state index contributed by atoms with van der Waals surface area (Å²) in [5.41, 5.74) is 1.18. The van der Waals surface area contributed by atoms with Crippen molar-refractivity contribution in [3.05, 3.63) is 59.6 Å². The lowest BCUT2D eigenvalue weighted by Gasteiger charge is -2.44. The fourth-order valence-electron chi connectivity index (χ4n) is 7.17. The maximum atomic E-state index is 14.1. The minimum Gasteiger partial charge on any atom is -0.477 e. The third-order valence-corrected chi connectivity index (χ3v) is 12.6. The molecule has 0 bridgehead atoms. The number of sulfonamides is 1. The Labute approximate surface area is 291 Å². The normalized spacial score (nSPS) is 21.3. The molecule has 12 nitrogen and oxygen atoms in total. The lowest BCUT2D eigenvalue weighted by atomic mass is 9.82. The van der Waals surface area contributed by atoms with E-state index in [0.29, 0.717) is 31.1 Å². The van der Waals surface area contributed by atoms with E-state index in [1.807, 2.05) is 56.0 Å². The van der Waals surface area contributed by atoms with E-state index in [1.54, 1.807) is 21.9 Å². The first-order chi connectivity index (χ1) is 23.4. The van der Waals surface area contributed by atoms with Crippen molar-refractivity contribution in [1.29, 1.82) is 0 Å². The number of carbonyl (C=O) groups is 3. The summed E-state index contributed by atoms with van der Waals surface area (Å²) < 4.78 is 34.7. The number of piperazine rings is 2. The summed E-state index contributed by atoms with van der Waals surface area (Å²) in [7, 11) is -4.10. The molecule has 2 unspecified atom stereocenters. The molecule has 3 aliphatic rings. The Kier molecular flexibility index (Phi) is 10.3. The van der Waals surface area contributed by atoms with Gasteiger partial charge in [0.2, 0.25) is 15.9 Å². The van der Waals surface area contributed by atoms with Crippen molar-refractivity contribution >= 4 is 50.8 Å². The van der Waals surface area contributed by atoms with Gasteiger partial charge in [-0.3, -0.25) is 4.79 Å². The Hall–Kier alpha value is -4.01. The summed E-state index contributed by atoms with van der Waals surface area (Å²) in [5.74, 6) is -0.949. The van der Waals surface area contributed by atoms with Gasteiger partial charge >= 0.3 is 12.1 Å². The zero-order valence-electron chi connectivity index (χ0n) is 28.0. The van der Waals surface area contributed by atoms with Gasteiger partial charge in [0.05, 0.1) is 24.4 Å². The molecule has 3 fully saturated rings. The second-order valence-electron chi connectivity index (χ2n) is 13.3. The molecule has 0 radical (unpaired) electrons. The zero-order chi connectivity index (χ0) is 34.9. The minimum atomic E-state index is -4.10. The van der Waals surface area contributed by atoms with Crippen molar-refractivity contribution in [1.82, 2.24) is 14.2 Å². The van der Waals surface area contributed by atoms with Crippen molar-refractivity contribution in [2.45, 2.75) is 76.0 Å². The number of aromatic carboxylic acids is 1. The maximum absolute atomic E-state index is 14.1. The van der Waals surface area contributed by atoms with Crippen LogP contribution in [0.5, 0.6) is 0 Å². The van der Waals surface area contributed by atoms with Crippen LogP contribution in [0.2, 0.25) is 0 Å². The number of carbonyl (C=O) groups excluding carboxylic acids is 2. The van der Waals surface area contributed by atoms with Gasteiger partial charge in [0, 0.05) is 43.3 Å². The highest BCUT2D eigenvalue weighted by Crippen LogP contribution is 2.42. The number of benzene rings is 1. The van der Waals surface area contributed by atoms with E-state index in [2.05, 4.69) is 4.98 Å². The Morgan fingerprint density at radius 3 is 2.39 bits per heavy atom. The second-order valence-corrected chi connectivity index (χ2v) is 16.3. The standard InChI is InChI=1S/C35H43N5O7S2/c1-23(2)47-35(44)39-17-16-37(20-24(39)3)31-15-14-27(19-36-31)49(45,46)38-21-29(25-10-6-4-7-11-25)40(32(41)22-38)28-18-30(48-33(28)34(42)43)26-12-8-5-9-13-26/h5,8-9,12-15,18-19,23-25,29H,4,6-7,10-11,16-17,20-22H2,1-3H3,(H,42,43). The molecule has 2 aromatic heterocycles. The first-order valence-electron chi connectivity index (χ1n) is 16.9. The molecule has 2 saturated heterocycles. The molecule has 262 valence electrons. The lowest BCUT2D eigenvalue weighted by Crippen LogP contribution is -2.60. The van der Waals surface area contributed by atoms with Crippen molar-refractivity contribution < 1.29 is 32.6 Å². The van der Waals surface area contributed by atoms with E-state index < -0.39 is 34.5 Å². The van der Waals surface area contributed by atoms with Gasteiger partial charge in [0.25, 0.3) is 0 Å². The van der Waals surface area contributed by atoms with Crippen molar-refractivity contribution in [2.75, 3.05) is 42.5 Å². The third kappa shape index (κ3) is 7.31. The van der Waals surface area contributed by atoms with Gasteiger partial charge in [0.15, 0.2) is 0 Å². The maximum Gasteiger partial charge on any atom is 0.410 e. The smallest absolute Gasteiger partial charge is 0.410 e. The molecule has 1 aliphatic carbocycles. The van der Waals surface area contributed by atoms with Crippen LogP contribution in [0.25, 0.3) is 10.4 Å². The number of pyridine rings is 1. The van der Waals surface area contributed by atoms with Crippen molar-refractivity contribution in [3.63, 3.8) is 0 Å². The van der Waals surface area contributed by atoms with Crippen molar-refractivity contribution in [3.8, 4) is 10.4 Å². The van der Waals surface area contributed by atoms with Crippen LogP contribution in [-0.2, 0) is 19.6 Å². The van der Waals surface area contributed by atoms with E-state index in [4.69, 9.17) is 4.74 Å². The van der Waals surface area contributed by atoms with E-state index in [1.165, 1.54) is 16.6 Å². The van der Waals surface area contributed by atoms with Gasteiger partial charge in [-0.2, -0.15) is 4.31 Å². The molecule has 2 amide bonds. The van der Waals surface area contributed by atoms with E-state index in [9.17, 15) is 27.9 Å². The predicted octanol–water partition coefficient (Wildman–Crippen LogP) is 5.55. The molecule has 0 spiro atoms. The summed E-state index contributed by atoms with van der Waals surface area (Å²) >= 11 is 1.12. The monoisotopic (exact) mass is 709 g/mol. The van der Waals surface area contributed by atoms with E-state index in [-0.39, 0.29) is 40.5 Å². The van der Waals surface area contributed by atoms with Crippen LogP contribution < -0.4 is 9.80 Å². The molecule has 1 aromatic carbocycles. The van der Waals surface area contributed by atoms with Crippen LogP contribution in [0, 0.1) is 5.92 Å². The average molecular weight is 710 g/mol. The SMILES string of the molecule is CC(C)OC(=O)N1CCN(c2ccc(S(=O)(=O)N3CC(=O)N(c4cc(-c5ccccc5)sc4C(=O)O)C(C4CCCCC4)C3)cn2)CC1C. The fourth-order valence-corrected chi connectivity index (χ4v) is 9.51.